The van der Waals surface area contributed by atoms with E-state index in [9.17, 15) is 5.11 Å². The molecule has 2 N–H and O–H groups in total. The molecule has 0 aliphatic heterocycles. The lowest BCUT2D eigenvalue weighted by Crippen LogP contribution is -2.27. The first-order valence-corrected chi connectivity index (χ1v) is 7.28. The van der Waals surface area contributed by atoms with Crippen molar-refractivity contribution in [1.82, 2.24) is 5.32 Å². The summed E-state index contributed by atoms with van der Waals surface area (Å²) in [6, 6.07) is 6.09. The first-order valence-electron chi connectivity index (χ1n) is 7.28. The third-order valence-electron chi connectivity index (χ3n) is 4.13. The average molecular weight is 263 g/mol. The zero-order chi connectivity index (χ0) is 13.7. The topological polar surface area (TPSA) is 41.5 Å². The van der Waals surface area contributed by atoms with Crippen LogP contribution in [-0.2, 0) is 6.54 Å². The third kappa shape index (κ3) is 4.13. The number of nitrogens with one attached hydrogen (secondary N) is 1. The molecule has 1 fully saturated rings. The maximum atomic E-state index is 9.93. The van der Waals surface area contributed by atoms with Gasteiger partial charge in [-0.3, -0.25) is 0 Å². The summed E-state index contributed by atoms with van der Waals surface area (Å²) in [4.78, 5) is 0. The van der Waals surface area contributed by atoms with Gasteiger partial charge in [0.05, 0.1) is 7.11 Å². The highest BCUT2D eigenvalue weighted by atomic mass is 16.5. The van der Waals surface area contributed by atoms with Crippen LogP contribution < -0.4 is 10.1 Å². The van der Waals surface area contributed by atoms with Crippen molar-refractivity contribution < 1.29 is 9.84 Å². The van der Waals surface area contributed by atoms with Crippen molar-refractivity contribution in [3.05, 3.63) is 23.8 Å². The molecule has 0 saturated heterocycles. The molecule has 2 unspecified atom stereocenters. The Labute approximate surface area is 116 Å². The lowest BCUT2D eigenvalue weighted by atomic mass is 10.0. The molecule has 0 aromatic heterocycles. The van der Waals surface area contributed by atoms with Crippen molar-refractivity contribution in [3.63, 3.8) is 0 Å². The molecule has 0 amide bonds. The first-order chi connectivity index (χ1) is 9.19. The second-order valence-electron chi connectivity index (χ2n) is 5.69. The highest BCUT2D eigenvalue weighted by Gasteiger charge is 2.16. The number of phenolic OH excluding ortho intramolecular Hbond substituents is 1. The van der Waals surface area contributed by atoms with Crippen LogP contribution in [0.4, 0.5) is 0 Å². The Morgan fingerprint density at radius 1 is 1.26 bits per heavy atom. The number of hydrogen-bond donors (Lipinski definition) is 2. The number of methoxy groups -OCH3 is 1. The minimum absolute atomic E-state index is 0.314. The van der Waals surface area contributed by atoms with Gasteiger partial charge in [-0.2, -0.15) is 0 Å². The summed E-state index contributed by atoms with van der Waals surface area (Å²) in [6.45, 7) is 3.08. The van der Waals surface area contributed by atoms with Gasteiger partial charge in [0.25, 0.3) is 0 Å². The molecule has 2 atom stereocenters. The molecule has 0 bridgehead atoms. The van der Waals surface area contributed by atoms with Crippen molar-refractivity contribution in [2.24, 2.45) is 5.92 Å². The fourth-order valence-electron chi connectivity index (χ4n) is 2.77. The average Bonchev–Trinajstić information content (AvgIpc) is 2.62. The molecule has 2 rings (SSSR count). The highest BCUT2D eigenvalue weighted by Crippen LogP contribution is 2.25. The molecular weight excluding hydrogens is 238 g/mol. The Morgan fingerprint density at radius 3 is 2.84 bits per heavy atom. The first kappa shape index (κ1) is 14.2. The maximum absolute atomic E-state index is 9.93. The highest BCUT2D eigenvalue weighted by molar-refractivity contribution is 5.39. The molecule has 1 aromatic rings. The number of rotatable bonds is 4. The van der Waals surface area contributed by atoms with Gasteiger partial charge in [-0.1, -0.05) is 25.8 Å². The zero-order valence-corrected chi connectivity index (χ0v) is 12.0. The lowest BCUT2D eigenvalue weighted by molar-refractivity contribution is 0.403. The summed E-state index contributed by atoms with van der Waals surface area (Å²) in [5.41, 5.74) is 0.943. The van der Waals surface area contributed by atoms with Gasteiger partial charge < -0.3 is 15.2 Å². The second-order valence-corrected chi connectivity index (χ2v) is 5.69. The molecule has 3 nitrogen and oxygen atoms in total. The van der Waals surface area contributed by atoms with Crippen LogP contribution in [0, 0.1) is 5.92 Å². The molecule has 0 heterocycles. The molecular formula is C16H25NO2. The van der Waals surface area contributed by atoms with Crippen LogP contribution in [-0.4, -0.2) is 18.3 Å². The minimum atomic E-state index is 0.314. The van der Waals surface area contributed by atoms with E-state index in [2.05, 4.69) is 12.2 Å². The van der Waals surface area contributed by atoms with Gasteiger partial charge in [-0.15, -0.1) is 0 Å². The van der Waals surface area contributed by atoms with E-state index in [1.807, 2.05) is 12.1 Å². The Morgan fingerprint density at radius 2 is 2.11 bits per heavy atom. The van der Waals surface area contributed by atoms with E-state index >= 15 is 0 Å². The smallest absolute Gasteiger partial charge is 0.123 e. The molecule has 0 spiro atoms. The SMILES string of the molecule is COc1ccc(CNC2CCCC(C)CC2)c(O)c1. The van der Waals surface area contributed by atoms with Crippen molar-refractivity contribution in [2.75, 3.05) is 7.11 Å². The van der Waals surface area contributed by atoms with E-state index in [4.69, 9.17) is 4.74 Å². The summed E-state index contributed by atoms with van der Waals surface area (Å²) in [5.74, 6) is 1.87. The maximum Gasteiger partial charge on any atom is 0.123 e. The fourth-order valence-corrected chi connectivity index (χ4v) is 2.77. The van der Waals surface area contributed by atoms with Crippen molar-refractivity contribution in [3.8, 4) is 11.5 Å². The van der Waals surface area contributed by atoms with Crippen LogP contribution in [0.25, 0.3) is 0 Å². The standard InChI is InChI=1S/C16H25NO2/c1-12-4-3-5-14(8-6-12)17-11-13-7-9-15(19-2)10-16(13)18/h7,9-10,12,14,17-18H,3-6,8,11H2,1-2H3. The molecule has 0 radical (unpaired) electrons. The largest absolute Gasteiger partial charge is 0.507 e. The van der Waals surface area contributed by atoms with E-state index in [0.717, 1.165) is 18.0 Å². The van der Waals surface area contributed by atoms with Crippen LogP contribution in [0.5, 0.6) is 11.5 Å². The normalized spacial score (nSPS) is 23.9. The second kappa shape index (κ2) is 6.80. The molecule has 1 aliphatic carbocycles. The number of phenols is 1. The summed E-state index contributed by atoms with van der Waals surface area (Å²) >= 11 is 0. The van der Waals surface area contributed by atoms with Gasteiger partial charge in [0.15, 0.2) is 0 Å². The van der Waals surface area contributed by atoms with E-state index in [1.165, 1.54) is 32.1 Å². The van der Waals surface area contributed by atoms with E-state index in [-0.39, 0.29) is 0 Å². The minimum Gasteiger partial charge on any atom is -0.507 e. The monoisotopic (exact) mass is 263 g/mol. The van der Waals surface area contributed by atoms with Crippen molar-refractivity contribution >= 4 is 0 Å². The van der Waals surface area contributed by atoms with Gasteiger partial charge in [0.1, 0.15) is 11.5 Å². The van der Waals surface area contributed by atoms with Crippen molar-refractivity contribution in [2.45, 2.75) is 51.6 Å². The zero-order valence-electron chi connectivity index (χ0n) is 12.0. The molecule has 1 saturated carbocycles. The number of benzene rings is 1. The van der Waals surface area contributed by atoms with Gasteiger partial charge in [0, 0.05) is 24.2 Å². The molecule has 106 valence electrons. The van der Waals surface area contributed by atoms with E-state index < -0.39 is 0 Å². The lowest BCUT2D eigenvalue weighted by Gasteiger charge is -2.17. The quantitative estimate of drug-likeness (QED) is 0.817. The molecule has 1 aromatic carbocycles. The van der Waals surface area contributed by atoms with Crippen LogP contribution in [0.3, 0.4) is 0 Å². The van der Waals surface area contributed by atoms with E-state index in [0.29, 0.717) is 17.5 Å². The van der Waals surface area contributed by atoms with Crippen LogP contribution in [0.15, 0.2) is 18.2 Å². The Kier molecular flexibility index (Phi) is 5.08. The van der Waals surface area contributed by atoms with Crippen LogP contribution >= 0.6 is 0 Å². The molecule has 3 heteroatoms. The van der Waals surface area contributed by atoms with Gasteiger partial charge >= 0.3 is 0 Å². The summed E-state index contributed by atoms with van der Waals surface area (Å²) in [5, 5.41) is 13.5. The van der Waals surface area contributed by atoms with Crippen LogP contribution in [0.1, 0.15) is 44.6 Å². The summed E-state index contributed by atoms with van der Waals surface area (Å²) in [6.07, 6.45) is 6.48. The number of aromatic hydroxyl groups is 1. The Balaban J connectivity index is 1.87. The van der Waals surface area contributed by atoms with Gasteiger partial charge in [-0.05, 0) is 31.2 Å². The van der Waals surface area contributed by atoms with Gasteiger partial charge in [-0.25, -0.2) is 0 Å². The number of hydrogen-bond acceptors (Lipinski definition) is 3. The number of ether oxygens (including phenoxy) is 1. The summed E-state index contributed by atoms with van der Waals surface area (Å²) < 4.78 is 5.09. The summed E-state index contributed by atoms with van der Waals surface area (Å²) in [7, 11) is 1.61. The van der Waals surface area contributed by atoms with E-state index in [1.54, 1.807) is 13.2 Å². The van der Waals surface area contributed by atoms with Crippen molar-refractivity contribution in [1.29, 1.82) is 0 Å². The Bertz CT molecular complexity index is 406. The van der Waals surface area contributed by atoms with Crippen LogP contribution in [0.2, 0.25) is 0 Å². The third-order valence-corrected chi connectivity index (χ3v) is 4.13. The Hall–Kier alpha value is -1.22. The van der Waals surface area contributed by atoms with Gasteiger partial charge in [0.2, 0.25) is 0 Å². The fraction of sp³-hybridized carbons (Fsp3) is 0.625. The predicted octanol–water partition coefficient (Wildman–Crippen LogP) is 3.46. The molecule has 19 heavy (non-hydrogen) atoms. The molecule has 1 aliphatic rings. The predicted molar refractivity (Wildman–Crippen MR) is 77.5 cm³/mol.